The smallest absolute Gasteiger partial charge is 0.0353 e. The highest BCUT2D eigenvalue weighted by molar-refractivity contribution is 14.1. The van der Waals surface area contributed by atoms with Gasteiger partial charge in [-0.05, 0) is 78.5 Å². The Labute approximate surface area is 134 Å². The summed E-state index contributed by atoms with van der Waals surface area (Å²) in [5, 5.41) is 3.65. The molecule has 2 aromatic carbocycles. The van der Waals surface area contributed by atoms with E-state index in [2.05, 4.69) is 84.2 Å². The Morgan fingerprint density at radius 3 is 2.35 bits per heavy atom. The fraction of sp³-hybridized carbons (Fsp3) is 0.333. The number of rotatable bonds is 3. The van der Waals surface area contributed by atoms with Crippen molar-refractivity contribution < 1.29 is 0 Å². The van der Waals surface area contributed by atoms with Crippen molar-refractivity contribution in [3.05, 3.63) is 62.7 Å². The molecule has 2 heteroatoms. The Hall–Kier alpha value is -1.03. The van der Waals surface area contributed by atoms with E-state index >= 15 is 0 Å². The number of nitrogens with one attached hydrogen (secondary N) is 1. The number of anilines is 1. The summed E-state index contributed by atoms with van der Waals surface area (Å²) in [6.45, 7) is 4.30. The Morgan fingerprint density at radius 2 is 1.70 bits per heavy atom. The number of hydrogen-bond donors (Lipinski definition) is 1. The van der Waals surface area contributed by atoms with Crippen molar-refractivity contribution in [3.63, 3.8) is 0 Å². The zero-order chi connectivity index (χ0) is 14.1. The van der Waals surface area contributed by atoms with Crippen molar-refractivity contribution in [3.8, 4) is 0 Å². The fourth-order valence-electron chi connectivity index (χ4n) is 2.76. The van der Waals surface area contributed by atoms with Crippen LogP contribution in [0.2, 0.25) is 0 Å². The van der Waals surface area contributed by atoms with Crippen LogP contribution in [0.5, 0.6) is 0 Å². The molecule has 1 fully saturated rings. The molecule has 1 aliphatic carbocycles. The quantitative estimate of drug-likeness (QED) is 0.719. The van der Waals surface area contributed by atoms with Gasteiger partial charge in [-0.1, -0.05) is 35.9 Å². The van der Waals surface area contributed by atoms with E-state index in [1.165, 1.54) is 38.8 Å². The van der Waals surface area contributed by atoms with E-state index in [0.29, 0.717) is 6.04 Å². The number of benzene rings is 2. The first-order valence-corrected chi connectivity index (χ1v) is 8.29. The maximum Gasteiger partial charge on any atom is 0.0353 e. The molecule has 1 aliphatic rings. The van der Waals surface area contributed by atoms with Crippen LogP contribution in [-0.4, -0.2) is 6.04 Å². The van der Waals surface area contributed by atoms with Gasteiger partial charge in [0.25, 0.3) is 0 Å². The molecule has 2 aromatic rings. The average molecular weight is 377 g/mol. The van der Waals surface area contributed by atoms with Crippen LogP contribution in [0.1, 0.15) is 35.4 Å². The highest BCUT2D eigenvalue weighted by atomic mass is 127. The van der Waals surface area contributed by atoms with Crippen molar-refractivity contribution in [2.75, 3.05) is 5.32 Å². The van der Waals surface area contributed by atoms with Gasteiger partial charge >= 0.3 is 0 Å². The number of hydrogen-bond acceptors (Lipinski definition) is 1. The summed E-state index contributed by atoms with van der Waals surface area (Å²) in [5.41, 5.74) is 5.44. The Bertz CT molecular complexity index is 597. The molecule has 1 nitrogen and oxygen atoms in total. The summed E-state index contributed by atoms with van der Waals surface area (Å²) >= 11 is 2.40. The van der Waals surface area contributed by atoms with Crippen LogP contribution in [-0.2, 0) is 0 Å². The minimum Gasteiger partial charge on any atom is -0.382 e. The molecular weight excluding hydrogens is 357 g/mol. The molecule has 0 spiro atoms. The Balaban J connectivity index is 1.58. The topological polar surface area (TPSA) is 12.0 Å². The molecule has 0 aromatic heterocycles. The molecule has 1 saturated carbocycles. The van der Waals surface area contributed by atoms with Gasteiger partial charge in [0.2, 0.25) is 0 Å². The largest absolute Gasteiger partial charge is 0.382 e. The maximum atomic E-state index is 3.65. The molecule has 0 unspecified atom stereocenters. The first-order valence-electron chi connectivity index (χ1n) is 7.21. The molecule has 104 valence electrons. The van der Waals surface area contributed by atoms with E-state index in [0.717, 1.165) is 5.92 Å². The second kappa shape index (κ2) is 5.76. The summed E-state index contributed by atoms with van der Waals surface area (Å²) in [5.74, 6) is 0.734. The highest BCUT2D eigenvalue weighted by Crippen LogP contribution is 2.38. The summed E-state index contributed by atoms with van der Waals surface area (Å²) in [4.78, 5) is 0. The van der Waals surface area contributed by atoms with Crippen molar-refractivity contribution in [2.45, 2.75) is 38.6 Å². The lowest BCUT2D eigenvalue weighted by molar-refractivity contribution is 0.374. The molecule has 20 heavy (non-hydrogen) atoms. The van der Waals surface area contributed by atoms with Crippen molar-refractivity contribution in [1.82, 2.24) is 0 Å². The van der Waals surface area contributed by atoms with Crippen LogP contribution in [0.25, 0.3) is 0 Å². The summed E-state index contributed by atoms with van der Waals surface area (Å²) in [7, 11) is 0. The zero-order valence-corrected chi connectivity index (χ0v) is 14.1. The predicted octanol–water partition coefficient (Wildman–Crippen LogP) is 5.27. The van der Waals surface area contributed by atoms with Crippen LogP contribution in [0.4, 0.5) is 5.69 Å². The molecule has 0 atom stereocenters. The van der Waals surface area contributed by atoms with Gasteiger partial charge in [-0.25, -0.2) is 0 Å². The molecule has 0 radical (unpaired) electrons. The second-order valence-corrected chi connectivity index (χ2v) is 7.05. The third-order valence-electron chi connectivity index (χ3n) is 4.23. The van der Waals surface area contributed by atoms with Gasteiger partial charge in [0.1, 0.15) is 0 Å². The van der Waals surface area contributed by atoms with Gasteiger partial charge in [-0.3, -0.25) is 0 Å². The van der Waals surface area contributed by atoms with E-state index in [1.54, 1.807) is 0 Å². The number of halogens is 1. The first-order chi connectivity index (χ1) is 9.61. The minimum atomic E-state index is 0.625. The van der Waals surface area contributed by atoms with E-state index in [1.807, 2.05) is 0 Å². The second-order valence-electron chi connectivity index (χ2n) is 5.88. The summed E-state index contributed by atoms with van der Waals surface area (Å²) in [6.07, 6.45) is 2.49. The Morgan fingerprint density at radius 1 is 1.00 bits per heavy atom. The van der Waals surface area contributed by atoms with E-state index in [9.17, 15) is 0 Å². The standard InChI is InChI=1S/C18H20IN/c1-12-3-6-14(7-4-12)15-9-17(10-15)20-16-8-5-13(2)18(19)11-16/h3-8,11,15,17,20H,9-10H2,1-2H3. The lowest BCUT2D eigenvalue weighted by atomic mass is 9.75. The molecule has 0 amide bonds. The SMILES string of the molecule is Cc1ccc(C2CC(Nc3ccc(C)c(I)c3)C2)cc1. The van der Waals surface area contributed by atoms with E-state index in [4.69, 9.17) is 0 Å². The van der Waals surface area contributed by atoms with E-state index in [-0.39, 0.29) is 0 Å². The van der Waals surface area contributed by atoms with Crippen LogP contribution < -0.4 is 5.32 Å². The lowest BCUT2D eigenvalue weighted by Crippen LogP contribution is -2.34. The van der Waals surface area contributed by atoms with Crippen LogP contribution in [0, 0.1) is 17.4 Å². The van der Waals surface area contributed by atoms with Crippen molar-refractivity contribution in [2.24, 2.45) is 0 Å². The van der Waals surface area contributed by atoms with Crippen LogP contribution in [0.3, 0.4) is 0 Å². The maximum absolute atomic E-state index is 3.65. The fourth-order valence-corrected chi connectivity index (χ4v) is 3.28. The first kappa shape index (κ1) is 13.9. The minimum absolute atomic E-state index is 0.625. The summed E-state index contributed by atoms with van der Waals surface area (Å²) in [6, 6.07) is 16.3. The van der Waals surface area contributed by atoms with Crippen molar-refractivity contribution in [1.29, 1.82) is 0 Å². The van der Waals surface area contributed by atoms with Gasteiger partial charge in [0, 0.05) is 15.3 Å². The van der Waals surface area contributed by atoms with Gasteiger partial charge in [-0.2, -0.15) is 0 Å². The molecular formula is C18H20IN. The molecule has 0 bridgehead atoms. The molecule has 0 saturated heterocycles. The van der Waals surface area contributed by atoms with Crippen LogP contribution in [0.15, 0.2) is 42.5 Å². The van der Waals surface area contributed by atoms with Gasteiger partial charge in [0.15, 0.2) is 0 Å². The molecule has 0 aliphatic heterocycles. The van der Waals surface area contributed by atoms with Gasteiger partial charge < -0.3 is 5.32 Å². The molecule has 0 heterocycles. The monoisotopic (exact) mass is 377 g/mol. The van der Waals surface area contributed by atoms with Gasteiger partial charge in [-0.15, -0.1) is 0 Å². The normalized spacial score (nSPS) is 21.4. The van der Waals surface area contributed by atoms with Crippen LogP contribution >= 0.6 is 22.6 Å². The Kier molecular flexibility index (Phi) is 4.01. The molecule has 1 N–H and O–H groups in total. The van der Waals surface area contributed by atoms with E-state index < -0.39 is 0 Å². The van der Waals surface area contributed by atoms with Crippen molar-refractivity contribution >= 4 is 28.3 Å². The summed E-state index contributed by atoms with van der Waals surface area (Å²) < 4.78 is 1.34. The van der Waals surface area contributed by atoms with Gasteiger partial charge in [0.05, 0.1) is 0 Å². The zero-order valence-electron chi connectivity index (χ0n) is 12.0. The average Bonchev–Trinajstić information content (AvgIpc) is 2.39. The predicted molar refractivity (Wildman–Crippen MR) is 94.5 cm³/mol. The number of aryl methyl sites for hydroxylation is 2. The third kappa shape index (κ3) is 3.00. The highest BCUT2D eigenvalue weighted by Gasteiger charge is 2.30. The third-order valence-corrected chi connectivity index (χ3v) is 5.39. The lowest BCUT2D eigenvalue weighted by Gasteiger charge is -2.37. The molecule has 3 rings (SSSR count).